The molecule has 6 nitrogen and oxygen atoms in total. The highest BCUT2D eigenvalue weighted by atomic mass is 16.2. The van der Waals surface area contributed by atoms with Gasteiger partial charge < -0.3 is 10.6 Å². The van der Waals surface area contributed by atoms with E-state index in [1.165, 1.54) is 11.1 Å². The van der Waals surface area contributed by atoms with Gasteiger partial charge in [-0.2, -0.15) is 5.10 Å². The Morgan fingerprint density at radius 2 is 2.08 bits per heavy atom. The summed E-state index contributed by atoms with van der Waals surface area (Å²) < 4.78 is 0. The number of nitrogens with zero attached hydrogens (tertiary/aromatic N) is 2. The number of Topliss-reactive ketones (excluding diaryl/α,β-unsaturated/α-hetero) is 1. The van der Waals surface area contributed by atoms with Gasteiger partial charge in [0, 0.05) is 25.1 Å². The SMILES string of the molecule is CC1(C)CC(=O)C2=C(C1)N1CCc3ccccc3C1CC2=NNC(N)=O. The lowest BCUT2D eigenvalue weighted by Gasteiger charge is -2.48. The van der Waals surface area contributed by atoms with E-state index >= 15 is 0 Å². The van der Waals surface area contributed by atoms with E-state index in [4.69, 9.17) is 5.73 Å². The summed E-state index contributed by atoms with van der Waals surface area (Å²) in [4.78, 5) is 26.5. The minimum absolute atomic E-state index is 0.0724. The second-order valence-electron chi connectivity index (χ2n) is 8.16. The fraction of sp³-hybridized carbons (Fsp3) is 0.450. The Labute approximate surface area is 153 Å². The van der Waals surface area contributed by atoms with Gasteiger partial charge in [0.15, 0.2) is 5.78 Å². The summed E-state index contributed by atoms with van der Waals surface area (Å²) in [5.74, 6) is 0.110. The van der Waals surface area contributed by atoms with E-state index in [1.807, 2.05) is 0 Å². The normalized spacial score (nSPS) is 25.5. The smallest absolute Gasteiger partial charge is 0.332 e. The second kappa shape index (κ2) is 5.97. The first-order valence-corrected chi connectivity index (χ1v) is 9.09. The number of urea groups is 1. The number of carbonyl (C=O) groups excluding carboxylic acids is 2. The number of primary amides is 1. The fourth-order valence-corrected chi connectivity index (χ4v) is 4.56. The Kier molecular flexibility index (Phi) is 3.86. The standard InChI is InChI=1S/C20H24N4O2/c1-20(2)10-16-18(17(25)11-20)14(22-23-19(21)26)9-15-13-6-4-3-5-12(13)7-8-24(15)16/h3-6,15H,7-11H2,1-2H3,(H3,21,23,26). The van der Waals surface area contributed by atoms with E-state index in [2.05, 4.69) is 53.5 Å². The molecular formula is C20H24N4O2. The monoisotopic (exact) mass is 352 g/mol. The van der Waals surface area contributed by atoms with Gasteiger partial charge >= 0.3 is 6.03 Å². The van der Waals surface area contributed by atoms with Gasteiger partial charge in [-0.25, -0.2) is 10.2 Å². The predicted molar refractivity (Wildman–Crippen MR) is 99.4 cm³/mol. The highest BCUT2D eigenvalue weighted by Gasteiger charge is 2.44. The number of nitrogens with two attached hydrogens (primary N) is 1. The van der Waals surface area contributed by atoms with Gasteiger partial charge in [0.2, 0.25) is 0 Å². The molecule has 0 fully saturated rings. The Balaban J connectivity index is 1.84. The predicted octanol–water partition coefficient (Wildman–Crippen LogP) is 2.66. The van der Waals surface area contributed by atoms with Crippen LogP contribution in [-0.2, 0) is 11.2 Å². The average Bonchev–Trinajstić information content (AvgIpc) is 2.58. The zero-order chi connectivity index (χ0) is 18.5. The van der Waals surface area contributed by atoms with Gasteiger partial charge in [0.25, 0.3) is 0 Å². The number of fused-ring (bicyclic) bond motifs is 4. The lowest BCUT2D eigenvalue weighted by atomic mass is 9.71. The molecular weight excluding hydrogens is 328 g/mol. The number of amides is 2. The Hall–Kier alpha value is -2.63. The van der Waals surface area contributed by atoms with E-state index in [1.54, 1.807) is 0 Å². The summed E-state index contributed by atoms with van der Waals surface area (Å²) in [6.45, 7) is 5.17. The molecule has 2 heterocycles. The van der Waals surface area contributed by atoms with Crippen LogP contribution in [0.1, 0.15) is 50.3 Å². The number of hydrogen-bond donors (Lipinski definition) is 2. The van der Waals surface area contributed by atoms with Crippen LogP contribution in [0, 0.1) is 5.41 Å². The number of carbonyl (C=O) groups is 2. The van der Waals surface area contributed by atoms with Crippen LogP contribution in [0.3, 0.4) is 0 Å². The molecule has 136 valence electrons. The van der Waals surface area contributed by atoms with E-state index in [-0.39, 0.29) is 17.2 Å². The van der Waals surface area contributed by atoms with Gasteiger partial charge in [-0.05, 0) is 29.4 Å². The highest BCUT2D eigenvalue weighted by molar-refractivity contribution is 6.24. The van der Waals surface area contributed by atoms with Crippen molar-refractivity contribution < 1.29 is 9.59 Å². The van der Waals surface area contributed by atoms with Crippen molar-refractivity contribution in [2.45, 2.75) is 45.6 Å². The number of nitrogens with one attached hydrogen (secondary N) is 1. The van der Waals surface area contributed by atoms with Crippen LogP contribution < -0.4 is 11.2 Å². The Bertz CT molecular complexity index is 853. The van der Waals surface area contributed by atoms with Crippen molar-refractivity contribution in [1.82, 2.24) is 10.3 Å². The third kappa shape index (κ3) is 2.79. The molecule has 1 aliphatic carbocycles. The van der Waals surface area contributed by atoms with Crippen molar-refractivity contribution in [3.63, 3.8) is 0 Å². The Morgan fingerprint density at radius 1 is 1.31 bits per heavy atom. The first kappa shape index (κ1) is 16.8. The molecule has 1 unspecified atom stereocenters. The lowest BCUT2D eigenvalue weighted by Crippen LogP contribution is -2.46. The van der Waals surface area contributed by atoms with Gasteiger partial charge in [0.1, 0.15) is 0 Å². The van der Waals surface area contributed by atoms with Crippen molar-refractivity contribution in [3.8, 4) is 0 Å². The number of allylic oxidation sites excluding steroid dienone is 2. The summed E-state index contributed by atoms with van der Waals surface area (Å²) in [6.07, 6.45) is 2.91. The van der Waals surface area contributed by atoms with Gasteiger partial charge in [0.05, 0.1) is 17.3 Å². The summed E-state index contributed by atoms with van der Waals surface area (Å²) >= 11 is 0. The van der Waals surface area contributed by atoms with Crippen molar-refractivity contribution in [3.05, 3.63) is 46.7 Å². The number of ketones is 1. The second-order valence-corrected chi connectivity index (χ2v) is 8.16. The molecule has 1 atom stereocenters. The molecule has 1 aromatic carbocycles. The summed E-state index contributed by atoms with van der Waals surface area (Å²) in [7, 11) is 0. The molecule has 0 bridgehead atoms. The summed E-state index contributed by atoms with van der Waals surface area (Å²) in [6, 6.07) is 7.89. The van der Waals surface area contributed by atoms with Crippen LogP contribution in [0.2, 0.25) is 0 Å². The van der Waals surface area contributed by atoms with E-state index in [9.17, 15) is 9.59 Å². The van der Waals surface area contributed by atoms with Crippen LogP contribution in [-0.4, -0.2) is 29.0 Å². The molecule has 0 saturated carbocycles. The maximum Gasteiger partial charge on any atom is 0.332 e. The summed E-state index contributed by atoms with van der Waals surface area (Å²) in [5, 5.41) is 4.22. The van der Waals surface area contributed by atoms with Crippen molar-refractivity contribution >= 4 is 17.5 Å². The average molecular weight is 352 g/mol. The van der Waals surface area contributed by atoms with E-state index in [0.29, 0.717) is 24.1 Å². The van der Waals surface area contributed by atoms with Gasteiger partial charge in [-0.1, -0.05) is 38.1 Å². The highest BCUT2D eigenvalue weighted by Crippen LogP contribution is 2.47. The van der Waals surface area contributed by atoms with Crippen molar-refractivity contribution in [2.24, 2.45) is 16.3 Å². The molecule has 2 amide bonds. The maximum atomic E-state index is 12.9. The molecule has 26 heavy (non-hydrogen) atoms. The van der Waals surface area contributed by atoms with E-state index < -0.39 is 6.03 Å². The third-order valence-corrected chi connectivity index (χ3v) is 5.59. The number of hydrogen-bond acceptors (Lipinski definition) is 4. The van der Waals surface area contributed by atoms with Gasteiger partial charge in [-0.15, -0.1) is 0 Å². The molecule has 0 radical (unpaired) electrons. The molecule has 1 aromatic rings. The molecule has 6 heteroatoms. The molecule has 0 spiro atoms. The van der Waals surface area contributed by atoms with Crippen molar-refractivity contribution in [1.29, 1.82) is 0 Å². The van der Waals surface area contributed by atoms with Crippen LogP contribution >= 0.6 is 0 Å². The van der Waals surface area contributed by atoms with E-state index in [0.717, 1.165) is 25.1 Å². The van der Waals surface area contributed by atoms with Crippen LogP contribution in [0.25, 0.3) is 0 Å². The third-order valence-electron chi connectivity index (χ3n) is 5.59. The number of rotatable bonds is 1. The first-order chi connectivity index (χ1) is 12.4. The number of benzene rings is 1. The largest absolute Gasteiger partial charge is 0.366 e. The maximum absolute atomic E-state index is 12.9. The first-order valence-electron chi connectivity index (χ1n) is 9.09. The fourth-order valence-electron chi connectivity index (χ4n) is 4.56. The molecule has 0 aromatic heterocycles. The van der Waals surface area contributed by atoms with Gasteiger partial charge in [-0.3, -0.25) is 4.79 Å². The Morgan fingerprint density at radius 3 is 2.85 bits per heavy atom. The van der Waals surface area contributed by atoms with Crippen LogP contribution in [0.15, 0.2) is 40.6 Å². The lowest BCUT2D eigenvalue weighted by molar-refractivity contribution is -0.118. The summed E-state index contributed by atoms with van der Waals surface area (Å²) in [5.41, 5.74) is 12.5. The molecule has 4 rings (SSSR count). The zero-order valence-electron chi connectivity index (χ0n) is 15.2. The van der Waals surface area contributed by atoms with Crippen molar-refractivity contribution in [2.75, 3.05) is 6.54 Å². The molecule has 2 aliphatic heterocycles. The minimum atomic E-state index is -0.713. The molecule has 3 aliphatic rings. The zero-order valence-corrected chi connectivity index (χ0v) is 15.2. The topological polar surface area (TPSA) is 87.8 Å². The molecule has 3 N–H and O–H groups in total. The minimum Gasteiger partial charge on any atom is -0.366 e. The number of hydrazone groups is 1. The van der Waals surface area contributed by atoms with Crippen LogP contribution in [0.5, 0.6) is 0 Å². The molecule has 0 saturated heterocycles. The van der Waals surface area contributed by atoms with Crippen LogP contribution in [0.4, 0.5) is 4.79 Å². The quantitative estimate of drug-likeness (QED) is 0.762.